The highest BCUT2D eigenvalue weighted by molar-refractivity contribution is 5.86. The van der Waals surface area contributed by atoms with Crippen LogP contribution in [0, 0.1) is 0 Å². The van der Waals surface area contributed by atoms with Crippen LogP contribution in [0.3, 0.4) is 0 Å². The number of amides is 1. The van der Waals surface area contributed by atoms with E-state index in [4.69, 9.17) is 0 Å². The van der Waals surface area contributed by atoms with E-state index in [1.807, 2.05) is 25.8 Å². The number of piperazine rings is 1. The van der Waals surface area contributed by atoms with Crippen molar-refractivity contribution in [2.45, 2.75) is 31.8 Å². The fourth-order valence-corrected chi connectivity index (χ4v) is 2.77. The first kappa shape index (κ1) is 10.9. The summed E-state index contributed by atoms with van der Waals surface area (Å²) in [6.45, 7) is 8.06. The Kier molecular flexibility index (Phi) is 2.73. The van der Waals surface area contributed by atoms with E-state index < -0.39 is 0 Å². The summed E-state index contributed by atoms with van der Waals surface area (Å²) in [6.07, 6.45) is 1.17. The molecule has 4 nitrogen and oxygen atoms in total. The molecule has 1 amide bonds. The van der Waals surface area contributed by atoms with Crippen molar-refractivity contribution >= 4 is 5.91 Å². The van der Waals surface area contributed by atoms with Gasteiger partial charge in [0.2, 0.25) is 5.91 Å². The van der Waals surface area contributed by atoms with Crippen molar-refractivity contribution in [2.75, 3.05) is 33.2 Å². The van der Waals surface area contributed by atoms with Crippen molar-refractivity contribution in [1.82, 2.24) is 15.1 Å². The molecule has 2 aliphatic rings. The number of nitrogens with one attached hydrogen (secondary N) is 1. The van der Waals surface area contributed by atoms with Crippen LogP contribution in [-0.4, -0.2) is 60.5 Å². The van der Waals surface area contributed by atoms with Crippen LogP contribution in [0.25, 0.3) is 0 Å². The molecular weight excluding hydrogens is 190 g/mol. The van der Waals surface area contributed by atoms with Crippen LogP contribution < -0.4 is 5.32 Å². The minimum atomic E-state index is -0.330. The molecule has 0 aromatic carbocycles. The summed E-state index contributed by atoms with van der Waals surface area (Å²) >= 11 is 0. The SMILES string of the molecule is CN1CCN(C2CCNC2)C(C)(C)C1=O. The first-order valence-electron chi connectivity index (χ1n) is 5.76. The van der Waals surface area contributed by atoms with E-state index >= 15 is 0 Å². The normalized spacial score (nSPS) is 32.3. The Morgan fingerprint density at radius 2 is 2.13 bits per heavy atom. The van der Waals surface area contributed by atoms with Crippen LogP contribution in [0.1, 0.15) is 20.3 Å². The van der Waals surface area contributed by atoms with Crippen molar-refractivity contribution in [3.05, 3.63) is 0 Å². The van der Waals surface area contributed by atoms with E-state index in [1.165, 1.54) is 6.42 Å². The molecule has 2 heterocycles. The first-order chi connectivity index (χ1) is 7.03. The lowest BCUT2D eigenvalue weighted by Crippen LogP contribution is -2.64. The van der Waals surface area contributed by atoms with Crippen LogP contribution >= 0.6 is 0 Å². The van der Waals surface area contributed by atoms with Gasteiger partial charge < -0.3 is 10.2 Å². The summed E-state index contributed by atoms with van der Waals surface area (Å²) in [5.41, 5.74) is -0.330. The molecule has 0 aromatic heterocycles. The van der Waals surface area contributed by atoms with Crippen LogP contribution in [-0.2, 0) is 4.79 Å². The summed E-state index contributed by atoms with van der Waals surface area (Å²) in [5.74, 6) is 0.251. The molecule has 0 aliphatic carbocycles. The predicted octanol–water partition coefficient (Wildman–Crippen LogP) is -0.0991. The summed E-state index contributed by atoms with van der Waals surface area (Å²) in [7, 11) is 1.90. The third kappa shape index (κ3) is 1.76. The fraction of sp³-hybridized carbons (Fsp3) is 0.909. The van der Waals surface area contributed by atoms with E-state index in [0.717, 1.165) is 26.2 Å². The van der Waals surface area contributed by atoms with Gasteiger partial charge in [0.15, 0.2) is 0 Å². The average molecular weight is 211 g/mol. The number of hydrogen-bond acceptors (Lipinski definition) is 3. The van der Waals surface area contributed by atoms with Gasteiger partial charge in [-0.15, -0.1) is 0 Å². The molecule has 15 heavy (non-hydrogen) atoms. The van der Waals surface area contributed by atoms with Gasteiger partial charge in [-0.2, -0.15) is 0 Å². The number of carbonyl (C=O) groups is 1. The zero-order valence-electron chi connectivity index (χ0n) is 9.92. The van der Waals surface area contributed by atoms with Crippen molar-refractivity contribution in [3.8, 4) is 0 Å². The summed E-state index contributed by atoms with van der Waals surface area (Å²) in [4.78, 5) is 16.3. The van der Waals surface area contributed by atoms with E-state index in [0.29, 0.717) is 6.04 Å². The molecule has 0 saturated carbocycles. The quantitative estimate of drug-likeness (QED) is 0.658. The van der Waals surface area contributed by atoms with Gasteiger partial charge >= 0.3 is 0 Å². The molecule has 4 heteroatoms. The van der Waals surface area contributed by atoms with Gasteiger partial charge in [-0.25, -0.2) is 0 Å². The van der Waals surface area contributed by atoms with E-state index in [2.05, 4.69) is 10.2 Å². The van der Waals surface area contributed by atoms with E-state index in [9.17, 15) is 4.79 Å². The smallest absolute Gasteiger partial charge is 0.242 e. The van der Waals surface area contributed by atoms with Gasteiger partial charge in [0.25, 0.3) is 0 Å². The zero-order chi connectivity index (χ0) is 11.1. The minimum absolute atomic E-state index is 0.251. The lowest BCUT2D eigenvalue weighted by atomic mass is 9.95. The predicted molar refractivity (Wildman–Crippen MR) is 59.7 cm³/mol. The largest absolute Gasteiger partial charge is 0.343 e. The molecule has 0 bridgehead atoms. The topological polar surface area (TPSA) is 35.6 Å². The van der Waals surface area contributed by atoms with Crippen molar-refractivity contribution in [1.29, 1.82) is 0 Å². The molecule has 2 rings (SSSR count). The third-order valence-corrected chi connectivity index (χ3v) is 3.74. The molecule has 0 radical (unpaired) electrons. The van der Waals surface area contributed by atoms with E-state index in [-0.39, 0.29) is 11.4 Å². The molecule has 1 unspecified atom stereocenters. The second-order valence-corrected chi connectivity index (χ2v) is 5.13. The number of likely N-dealkylation sites (N-methyl/N-ethyl adjacent to an activating group) is 1. The van der Waals surface area contributed by atoms with Gasteiger partial charge in [0, 0.05) is 32.7 Å². The van der Waals surface area contributed by atoms with Crippen LogP contribution in [0.5, 0.6) is 0 Å². The molecule has 0 aromatic rings. The van der Waals surface area contributed by atoms with Crippen molar-refractivity contribution < 1.29 is 4.79 Å². The second-order valence-electron chi connectivity index (χ2n) is 5.13. The molecule has 1 N–H and O–H groups in total. The maximum atomic E-state index is 12.1. The molecule has 2 saturated heterocycles. The Bertz CT molecular complexity index is 259. The number of carbonyl (C=O) groups excluding carboxylic acids is 1. The highest BCUT2D eigenvalue weighted by Gasteiger charge is 2.43. The number of nitrogens with zero attached hydrogens (tertiary/aromatic N) is 2. The van der Waals surface area contributed by atoms with Gasteiger partial charge in [0.05, 0.1) is 5.54 Å². The third-order valence-electron chi connectivity index (χ3n) is 3.74. The molecule has 1 atom stereocenters. The Morgan fingerprint density at radius 1 is 1.40 bits per heavy atom. The maximum absolute atomic E-state index is 12.1. The van der Waals surface area contributed by atoms with Gasteiger partial charge in [-0.05, 0) is 26.8 Å². The number of rotatable bonds is 1. The maximum Gasteiger partial charge on any atom is 0.242 e. The van der Waals surface area contributed by atoms with Crippen molar-refractivity contribution in [2.24, 2.45) is 0 Å². The van der Waals surface area contributed by atoms with Crippen molar-refractivity contribution in [3.63, 3.8) is 0 Å². The lowest BCUT2D eigenvalue weighted by Gasteiger charge is -2.47. The Labute approximate surface area is 91.6 Å². The van der Waals surface area contributed by atoms with Gasteiger partial charge in [-0.3, -0.25) is 9.69 Å². The van der Waals surface area contributed by atoms with Crippen LogP contribution in [0.15, 0.2) is 0 Å². The molecule has 0 spiro atoms. The molecule has 2 aliphatic heterocycles. The number of hydrogen-bond donors (Lipinski definition) is 1. The van der Waals surface area contributed by atoms with Crippen LogP contribution in [0.2, 0.25) is 0 Å². The second kappa shape index (κ2) is 3.76. The van der Waals surface area contributed by atoms with Crippen LogP contribution in [0.4, 0.5) is 0 Å². The van der Waals surface area contributed by atoms with E-state index in [1.54, 1.807) is 0 Å². The first-order valence-corrected chi connectivity index (χ1v) is 5.76. The summed E-state index contributed by atoms with van der Waals surface area (Å²) in [5, 5.41) is 3.37. The zero-order valence-corrected chi connectivity index (χ0v) is 9.92. The average Bonchev–Trinajstić information content (AvgIpc) is 2.67. The summed E-state index contributed by atoms with van der Waals surface area (Å²) in [6, 6.07) is 0.539. The van der Waals surface area contributed by atoms with Gasteiger partial charge in [-0.1, -0.05) is 0 Å². The molecule has 86 valence electrons. The molecular formula is C11H21N3O. The fourth-order valence-electron chi connectivity index (χ4n) is 2.77. The molecule has 2 fully saturated rings. The summed E-state index contributed by atoms with van der Waals surface area (Å²) < 4.78 is 0. The Balaban J connectivity index is 2.14. The Morgan fingerprint density at radius 3 is 2.73 bits per heavy atom. The lowest BCUT2D eigenvalue weighted by molar-refractivity contribution is -0.149. The standard InChI is InChI=1S/C11H21N3O/c1-11(2)10(15)13(3)6-7-14(11)9-4-5-12-8-9/h9,12H,4-8H2,1-3H3. The monoisotopic (exact) mass is 211 g/mol. The highest BCUT2D eigenvalue weighted by Crippen LogP contribution is 2.26. The minimum Gasteiger partial charge on any atom is -0.343 e. The highest BCUT2D eigenvalue weighted by atomic mass is 16.2. The Hall–Kier alpha value is -0.610. The van der Waals surface area contributed by atoms with Gasteiger partial charge in [0.1, 0.15) is 0 Å².